The number of rotatable bonds is 5. The van der Waals surface area contributed by atoms with Crippen LogP contribution in [0.25, 0.3) is 22.0 Å². The topological polar surface area (TPSA) is 100 Å². The summed E-state index contributed by atoms with van der Waals surface area (Å²) in [4.78, 5) is 36.2. The highest BCUT2D eigenvalue weighted by atomic mass is 32.1. The molecular weight excluding hydrogens is 462 g/mol. The van der Waals surface area contributed by atoms with Crippen LogP contribution in [0.5, 0.6) is 0 Å². The molecule has 35 heavy (non-hydrogen) atoms. The number of carbonyl (C=O) groups is 1. The van der Waals surface area contributed by atoms with Crippen LogP contribution in [0.15, 0.2) is 47.5 Å². The number of likely N-dealkylation sites (N-methyl/N-ethyl adjacent to an activating group) is 1. The van der Waals surface area contributed by atoms with Gasteiger partial charge < -0.3 is 19.5 Å². The number of thiazole rings is 1. The zero-order chi connectivity index (χ0) is 23.8. The van der Waals surface area contributed by atoms with Crippen LogP contribution in [0.2, 0.25) is 0 Å². The minimum atomic E-state index is 0.0998. The number of nitrogens with zero attached hydrogens (tertiary/aromatic N) is 6. The largest absolute Gasteiger partial charge is 0.443 e. The summed E-state index contributed by atoms with van der Waals surface area (Å²) in [5.74, 6) is 1.11. The lowest BCUT2D eigenvalue weighted by Crippen LogP contribution is -2.44. The molecule has 1 saturated heterocycles. The Morgan fingerprint density at radius 3 is 2.57 bits per heavy atom. The maximum atomic E-state index is 12.4. The number of hydrogen-bond acceptors (Lipinski definition) is 10. The van der Waals surface area contributed by atoms with Crippen molar-refractivity contribution in [1.82, 2.24) is 24.8 Å². The van der Waals surface area contributed by atoms with E-state index in [9.17, 15) is 4.79 Å². The van der Waals surface area contributed by atoms with Crippen molar-refractivity contribution in [1.29, 1.82) is 0 Å². The Morgan fingerprint density at radius 2 is 1.83 bits per heavy atom. The van der Waals surface area contributed by atoms with E-state index in [-0.39, 0.29) is 5.78 Å². The van der Waals surface area contributed by atoms with Gasteiger partial charge in [0.2, 0.25) is 5.95 Å². The van der Waals surface area contributed by atoms with E-state index < -0.39 is 0 Å². The van der Waals surface area contributed by atoms with Gasteiger partial charge in [0.15, 0.2) is 17.9 Å². The highest BCUT2D eigenvalue weighted by Crippen LogP contribution is 2.37. The van der Waals surface area contributed by atoms with Gasteiger partial charge in [0.1, 0.15) is 16.4 Å². The van der Waals surface area contributed by atoms with Gasteiger partial charge in [0.05, 0.1) is 11.8 Å². The van der Waals surface area contributed by atoms with Gasteiger partial charge in [-0.25, -0.2) is 19.9 Å². The molecule has 0 spiro atoms. The molecule has 0 atom stereocenters. The first-order valence-electron chi connectivity index (χ1n) is 11.7. The predicted octanol–water partition coefficient (Wildman–Crippen LogP) is 4.27. The molecule has 0 amide bonds. The normalized spacial score (nSPS) is 16.4. The molecule has 4 aromatic rings. The number of ketones is 1. The van der Waals surface area contributed by atoms with E-state index >= 15 is 0 Å². The monoisotopic (exact) mass is 487 g/mol. The van der Waals surface area contributed by atoms with Gasteiger partial charge in [-0.1, -0.05) is 0 Å². The Kier molecular flexibility index (Phi) is 5.75. The van der Waals surface area contributed by atoms with Crippen LogP contribution >= 0.6 is 11.3 Å². The van der Waals surface area contributed by atoms with Crippen molar-refractivity contribution in [3.63, 3.8) is 0 Å². The molecule has 0 saturated carbocycles. The van der Waals surface area contributed by atoms with Crippen LogP contribution in [-0.2, 0) is 6.42 Å². The molecule has 6 rings (SSSR count). The molecular formula is C25H25N7O2S. The molecule has 1 N–H and O–H groups in total. The first kappa shape index (κ1) is 21.9. The second kappa shape index (κ2) is 9.20. The molecule has 4 heterocycles. The highest BCUT2D eigenvalue weighted by molar-refractivity contribution is 7.15. The van der Waals surface area contributed by atoms with E-state index in [1.54, 1.807) is 12.4 Å². The van der Waals surface area contributed by atoms with Gasteiger partial charge >= 0.3 is 0 Å². The van der Waals surface area contributed by atoms with Crippen molar-refractivity contribution in [2.45, 2.75) is 19.3 Å². The third kappa shape index (κ3) is 4.42. The average molecular weight is 488 g/mol. The first-order valence-corrected chi connectivity index (χ1v) is 12.6. The maximum absolute atomic E-state index is 12.4. The highest BCUT2D eigenvalue weighted by Gasteiger charge is 2.25. The number of piperazine rings is 1. The fraction of sp³-hybridized carbons (Fsp3) is 0.320. The molecule has 0 bridgehead atoms. The van der Waals surface area contributed by atoms with Gasteiger partial charge in [-0.2, -0.15) is 0 Å². The summed E-state index contributed by atoms with van der Waals surface area (Å²) in [6.07, 6.45) is 7.00. The number of carbonyl (C=O) groups excluding carboxylic acids is 1. The Labute approximate surface area is 206 Å². The zero-order valence-corrected chi connectivity index (χ0v) is 20.2. The fourth-order valence-corrected chi connectivity index (χ4v) is 5.58. The number of aromatic nitrogens is 4. The Bertz CT molecular complexity index is 1340. The van der Waals surface area contributed by atoms with Crippen LogP contribution in [0.1, 0.15) is 28.2 Å². The quantitative estimate of drug-likeness (QED) is 0.442. The number of fused-ring (bicyclic) bond motifs is 1. The molecule has 2 aliphatic rings. The van der Waals surface area contributed by atoms with E-state index in [1.807, 2.05) is 12.1 Å². The summed E-state index contributed by atoms with van der Waals surface area (Å²) in [6.45, 7) is 4.19. The maximum Gasteiger partial charge on any atom is 0.227 e. The van der Waals surface area contributed by atoms with Crippen LogP contribution in [0, 0.1) is 0 Å². The van der Waals surface area contributed by atoms with Crippen molar-refractivity contribution < 1.29 is 9.21 Å². The average Bonchev–Trinajstić information content (AvgIpc) is 3.56. The summed E-state index contributed by atoms with van der Waals surface area (Å²) < 4.78 is 5.53. The second-order valence-electron chi connectivity index (χ2n) is 8.85. The van der Waals surface area contributed by atoms with Crippen molar-refractivity contribution in [2.24, 2.45) is 0 Å². The van der Waals surface area contributed by atoms with Gasteiger partial charge in [-0.15, -0.1) is 11.3 Å². The van der Waals surface area contributed by atoms with Gasteiger partial charge in [-0.3, -0.25) is 4.79 Å². The standard InChI is InChI=1S/C25H25N7O2S/c1-31-9-11-32(12-10-31)17-7-5-16(6-8-17)28-25-27-13-18(20-14-26-15-34-20)22(30-25)24-29-23-19(33)3-2-4-21(23)35-24/h5-8,13-15H,2-4,9-12H2,1H3,(H,27,28,30). The lowest BCUT2D eigenvalue weighted by Gasteiger charge is -2.34. The van der Waals surface area contributed by atoms with Gasteiger partial charge in [-0.05, 0) is 44.2 Å². The van der Waals surface area contributed by atoms with Crippen LogP contribution in [-0.4, -0.2) is 63.8 Å². The number of benzene rings is 1. The first-order chi connectivity index (χ1) is 17.1. The minimum absolute atomic E-state index is 0.0998. The molecule has 10 heteroatoms. The molecule has 1 aliphatic heterocycles. The predicted molar refractivity (Wildman–Crippen MR) is 135 cm³/mol. The molecule has 1 aliphatic carbocycles. The molecule has 178 valence electrons. The molecule has 9 nitrogen and oxygen atoms in total. The smallest absolute Gasteiger partial charge is 0.227 e. The number of hydrogen-bond donors (Lipinski definition) is 1. The van der Waals surface area contributed by atoms with Crippen LogP contribution in [0.3, 0.4) is 0 Å². The molecule has 0 unspecified atom stereocenters. The lowest BCUT2D eigenvalue weighted by atomic mass is 10.0. The van der Waals surface area contributed by atoms with Crippen LogP contribution in [0.4, 0.5) is 17.3 Å². The summed E-state index contributed by atoms with van der Waals surface area (Å²) in [7, 11) is 2.16. The Hall–Kier alpha value is -3.63. The Balaban J connectivity index is 1.29. The minimum Gasteiger partial charge on any atom is -0.443 e. The second-order valence-corrected chi connectivity index (χ2v) is 9.93. The molecule has 3 aromatic heterocycles. The Morgan fingerprint density at radius 1 is 1.00 bits per heavy atom. The van der Waals surface area contributed by atoms with E-state index in [0.29, 0.717) is 40.1 Å². The van der Waals surface area contributed by atoms with E-state index in [0.717, 1.165) is 49.6 Å². The zero-order valence-electron chi connectivity index (χ0n) is 19.4. The van der Waals surface area contributed by atoms with Crippen molar-refractivity contribution in [3.8, 4) is 22.0 Å². The van der Waals surface area contributed by atoms with E-state index in [4.69, 9.17) is 9.40 Å². The molecule has 1 aromatic carbocycles. The number of nitrogens with one attached hydrogen (secondary N) is 1. The van der Waals surface area contributed by atoms with Crippen molar-refractivity contribution in [3.05, 3.63) is 53.6 Å². The lowest BCUT2D eigenvalue weighted by molar-refractivity contribution is 0.0968. The number of Topliss-reactive ketones (excluding diaryl/α,β-unsaturated/α-hetero) is 1. The van der Waals surface area contributed by atoms with Crippen molar-refractivity contribution in [2.75, 3.05) is 43.4 Å². The van der Waals surface area contributed by atoms with Gasteiger partial charge in [0, 0.05) is 55.0 Å². The number of anilines is 3. The number of aryl methyl sites for hydroxylation is 1. The summed E-state index contributed by atoms with van der Waals surface area (Å²) in [5.41, 5.74) is 4.00. The van der Waals surface area contributed by atoms with Gasteiger partial charge in [0.25, 0.3) is 0 Å². The summed E-state index contributed by atoms with van der Waals surface area (Å²) in [5, 5.41) is 4.00. The van der Waals surface area contributed by atoms with E-state index in [2.05, 4.69) is 49.2 Å². The fourth-order valence-electron chi connectivity index (χ4n) is 4.45. The molecule has 0 radical (unpaired) electrons. The van der Waals surface area contributed by atoms with E-state index in [1.165, 1.54) is 23.4 Å². The third-order valence-corrected chi connectivity index (χ3v) is 7.57. The van der Waals surface area contributed by atoms with Crippen molar-refractivity contribution >= 4 is 34.4 Å². The molecule has 1 fully saturated rings. The van der Waals surface area contributed by atoms with Crippen LogP contribution < -0.4 is 10.2 Å². The third-order valence-electron chi connectivity index (χ3n) is 6.45. The summed E-state index contributed by atoms with van der Waals surface area (Å²) >= 11 is 1.52. The summed E-state index contributed by atoms with van der Waals surface area (Å²) in [6, 6.07) is 8.33. The number of oxazole rings is 1. The SMILES string of the molecule is CN1CCN(c2ccc(Nc3ncc(-c4cnco4)c(-c4nc5c(s4)CCCC5=O)n3)cc2)CC1.